The molecule has 1 atom stereocenters. The zero-order valence-corrected chi connectivity index (χ0v) is 9.95. The normalized spacial score (nSPS) is 13.6. The van der Waals surface area contributed by atoms with Crippen molar-refractivity contribution in [1.29, 1.82) is 0 Å². The Morgan fingerprint density at radius 3 is 2.61 bits per heavy atom. The molecule has 0 fully saturated rings. The quantitative estimate of drug-likeness (QED) is 0.512. The van der Waals surface area contributed by atoms with Crippen LogP contribution >= 0.6 is 0 Å². The first kappa shape index (κ1) is 12.5. The van der Waals surface area contributed by atoms with Crippen LogP contribution in [-0.4, -0.2) is 29.0 Å². The second-order valence-electron chi connectivity index (χ2n) is 3.77. The van der Waals surface area contributed by atoms with Gasteiger partial charge in [-0.05, 0) is 17.5 Å². The van der Waals surface area contributed by atoms with Crippen LogP contribution in [0.25, 0.3) is 10.9 Å². The van der Waals surface area contributed by atoms with E-state index in [0.717, 1.165) is 5.39 Å². The minimum absolute atomic E-state index is 0.516. The molecule has 2 rings (SSSR count). The van der Waals surface area contributed by atoms with Gasteiger partial charge in [-0.2, -0.15) is 8.42 Å². The molecule has 0 saturated carbocycles. The van der Waals surface area contributed by atoms with Gasteiger partial charge in [0, 0.05) is 16.6 Å². The highest BCUT2D eigenvalue weighted by Crippen LogP contribution is 2.23. The molecule has 0 aliphatic heterocycles. The fourth-order valence-electron chi connectivity index (χ4n) is 1.81. The van der Waals surface area contributed by atoms with Crippen molar-refractivity contribution in [3.8, 4) is 0 Å². The average molecular weight is 270 g/mol. The van der Waals surface area contributed by atoms with Crippen LogP contribution in [0.3, 0.4) is 0 Å². The van der Waals surface area contributed by atoms with Crippen LogP contribution in [0.5, 0.6) is 0 Å². The predicted octanol–water partition coefficient (Wildman–Crippen LogP) is 1.30. The van der Waals surface area contributed by atoms with Crippen molar-refractivity contribution < 1.29 is 17.9 Å². The van der Waals surface area contributed by atoms with Crippen molar-refractivity contribution in [3.05, 3.63) is 46.6 Å². The van der Waals surface area contributed by atoms with Crippen molar-refractivity contribution in [2.75, 3.05) is 6.54 Å². The lowest BCUT2D eigenvalue weighted by molar-refractivity contribution is -0.482. The van der Waals surface area contributed by atoms with Gasteiger partial charge in [0.05, 0.1) is 0 Å². The number of hydrogen-bond acceptors (Lipinski definition) is 4. The first-order chi connectivity index (χ1) is 8.39. The molecule has 0 aliphatic carbocycles. The molecule has 0 spiro atoms. The maximum Gasteiger partial charge on any atom is 0.293 e. The summed E-state index contributed by atoms with van der Waals surface area (Å²) in [7, 11) is -4.55. The molecule has 1 unspecified atom stereocenters. The summed E-state index contributed by atoms with van der Waals surface area (Å²) in [5.74, 6) is 0. The molecular weight excluding hydrogens is 260 g/mol. The molecule has 2 aromatic rings. The van der Waals surface area contributed by atoms with Gasteiger partial charge in [-0.25, -0.2) is 0 Å². The number of benzene rings is 1. The molecule has 0 saturated heterocycles. The Balaban J connectivity index is 2.58. The van der Waals surface area contributed by atoms with Crippen LogP contribution in [0.2, 0.25) is 0 Å². The topological polar surface area (TPSA) is 102 Å². The molecule has 0 radical (unpaired) electrons. The van der Waals surface area contributed by atoms with Crippen molar-refractivity contribution in [2.45, 2.75) is 5.37 Å². The number of rotatable bonds is 4. The molecule has 1 N–H and O–H groups in total. The van der Waals surface area contributed by atoms with Crippen LogP contribution in [-0.2, 0) is 10.1 Å². The van der Waals surface area contributed by atoms with Gasteiger partial charge in [0.15, 0.2) is 0 Å². The number of hydrogen-bond donors (Lipinski definition) is 1. The van der Waals surface area contributed by atoms with Crippen LogP contribution in [0, 0.1) is 10.1 Å². The van der Waals surface area contributed by atoms with E-state index in [1.54, 1.807) is 30.3 Å². The molecule has 0 aliphatic rings. The third-order valence-corrected chi connectivity index (χ3v) is 3.65. The molecule has 96 valence electrons. The second kappa shape index (κ2) is 4.39. The van der Waals surface area contributed by atoms with Crippen molar-refractivity contribution in [1.82, 2.24) is 4.57 Å². The number of aromatic nitrogens is 1. The van der Waals surface area contributed by atoms with E-state index in [2.05, 4.69) is 0 Å². The van der Waals surface area contributed by atoms with Crippen molar-refractivity contribution in [2.24, 2.45) is 0 Å². The smallest absolute Gasteiger partial charge is 0.293 e. The zero-order chi connectivity index (χ0) is 13.3. The van der Waals surface area contributed by atoms with Gasteiger partial charge >= 0.3 is 0 Å². The molecule has 8 heteroatoms. The molecule has 18 heavy (non-hydrogen) atoms. The summed E-state index contributed by atoms with van der Waals surface area (Å²) in [6.45, 7) is -0.891. The first-order valence-electron chi connectivity index (χ1n) is 5.03. The van der Waals surface area contributed by atoms with E-state index in [1.807, 2.05) is 0 Å². The molecule has 0 bridgehead atoms. The lowest BCUT2D eigenvalue weighted by Gasteiger charge is -2.13. The van der Waals surface area contributed by atoms with Gasteiger partial charge in [0.1, 0.15) is 0 Å². The summed E-state index contributed by atoms with van der Waals surface area (Å²) < 4.78 is 32.8. The lowest BCUT2D eigenvalue weighted by Crippen LogP contribution is -2.26. The Morgan fingerprint density at radius 1 is 1.33 bits per heavy atom. The third-order valence-electron chi connectivity index (χ3n) is 2.59. The lowest BCUT2D eigenvalue weighted by atomic mass is 10.2. The number of para-hydroxylation sites is 1. The summed E-state index contributed by atoms with van der Waals surface area (Å²) in [5, 5.41) is 9.63. The van der Waals surface area contributed by atoms with E-state index < -0.39 is 27.0 Å². The highest BCUT2D eigenvalue weighted by atomic mass is 32.2. The van der Waals surface area contributed by atoms with E-state index in [9.17, 15) is 18.5 Å². The fourth-order valence-corrected chi connectivity index (χ4v) is 2.59. The van der Waals surface area contributed by atoms with Crippen LogP contribution in [0.1, 0.15) is 5.37 Å². The largest absolute Gasteiger partial charge is 0.323 e. The number of nitro groups is 1. The van der Waals surface area contributed by atoms with E-state index >= 15 is 0 Å². The molecule has 1 heterocycles. The zero-order valence-electron chi connectivity index (χ0n) is 9.13. The molecule has 7 nitrogen and oxygen atoms in total. The van der Waals surface area contributed by atoms with Crippen LogP contribution in [0.15, 0.2) is 36.5 Å². The van der Waals surface area contributed by atoms with Gasteiger partial charge in [-0.3, -0.25) is 14.7 Å². The molecule has 1 aromatic heterocycles. The SMILES string of the molecule is O=[N+]([O-])CC(n1ccc2ccccc21)S(=O)(=O)O. The van der Waals surface area contributed by atoms with Gasteiger partial charge in [-0.1, -0.05) is 18.2 Å². The summed E-state index contributed by atoms with van der Waals surface area (Å²) in [6.07, 6.45) is 1.41. The minimum Gasteiger partial charge on any atom is -0.323 e. The van der Waals surface area contributed by atoms with Crippen molar-refractivity contribution in [3.63, 3.8) is 0 Å². The standard InChI is InChI=1S/C10H10N2O5S/c13-12(14)7-10(18(15,16)17)11-6-5-8-3-1-2-4-9(8)11/h1-6,10H,7H2,(H,15,16,17). The van der Waals surface area contributed by atoms with Gasteiger partial charge in [0.2, 0.25) is 11.9 Å². The molecule has 1 aromatic carbocycles. The Hall–Kier alpha value is -1.93. The number of nitrogens with zero attached hydrogens (tertiary/aromatic N) is 2. The van der Waals surface area contributed by atoms with Crippen LogP contribution < -0.4 is 0 Å². The van der Waals surface area contributed by atoms with Gasteiger partial charge in [0.25, 0.3) is 10.1 Å². The third kappa shape index (κ3) is 2.34. The highest BCUT2D eigenvalue weighted by molar-refractivity contribution is 7.85. The van der Waals surface area contributed by atoms with Crippen LogP contribution in [0.4, 0.5) is 0 Å². The Morgan fingerprint density at radius 2 is 2.00 bits per heavy atom. The Bertz CT molecular complexity index is 691. The van der Waals surface area contributed by atoms with E-state index in [4.69, 9.17) is 4.55 Å². The number of fused-ring (bicyclic) bond motifs is 1. The summed E-state index contributed by atoms with van der Waals surface area (Å²) in [6, 6.07) is 8.47. The van der Waals surface area contributed by atoms with Crippen molar-refractivity contribution >= 4 is 21.0 Å². The monoisotopic (exact) mass is 270 g/mol. The molecule has 0 amide bonds. The maximum atomic E-state index is 11.2. The highest BCUT2D eigenvalue weighted by Gasteiger charge is 2.30. The summed E-state index contributed by atoms with van der Waals surface area (Å²) >= 11 is 0. The summed E-state index contributed by atoms with van der Waals surface area (Å²) in [4.78, 5) is 9.73. The fraction of sp³-hybridized carbons (Fsp3) is 0.200. The molecular formula is C10H10N2O5S. The Labute approximate surface area is 103 Å². The summed E-state index contributed by atoms with van der Waals surface area (Å²) in [5.41, 5.74) is 0.516. The minimum atomic E-state index is -4.55. The average Bonchev–Trinajstić information content (AvgIpc) is 2.67. The van der Waals surface area contributed by atoms with E-state index in [1.165, 1.54) is 10.8 Å². The van der Waals surface area contributed by atoms with Gasteiger partial charge < -0.3 is 4.57 Å². The second-order valence-corrected chi connectivity index (χ2v) is 5.34. The predicted molar refractivity (Wildman–Crippen MR) is 64.4 cm³/mol. The Kier molecular flexibility index (Phi) is 3.05. The van der Waals surface area contributed by atoms with Gasteiger partial charge in [-0.15, -0.1) is 0 Å². The first-order valence-corrected chi connectivity index (χ1v) is 6.53. The van der Waals surface area contributed by atoms with E-state index in [0.29, 0.717) is 5.52 Å². The maximum absolute atomic E-state index is 11.2. The van der Waals surface area contributed by atoms with E-state index in [-0.39, 0.29) is 0 Å².